The van der Waals surface area contributed by atoms with Crippen molar-refractivity contribution in [1.29, 1.82) is 5.26 Å². The molecular weight excluding hydrogens is 332 g/mol. The average Bonchev–Trinajstić information content (AvgIpc) is 2.35. The molecule has 0 N–H and O–H groups in total. The number of nitriles is 1. The van der Waals surface area contributed by atoms with Crippen molar-refractivity contribution in [2.75, 3.05) is 19.3 Å². The maximum Gasteiger partial charge on any atom is 0.237 e. The number of nitrogens with zero attached hydrogens (tertiary/aromatic N) is 2. The fraction of sp³-hybridized carbons (Fsp3) is 0.333. The molecule has 0 aromatic heterocycles. The zero-order valence-corrected chi connectivity index (χ0v) is 12.7. The molecule has 0 aliphatic carbocycles. The fourth-order valence-electron chi connectivity index (χ4n) is 1.36. The van der Waals surface area contributed by atoms with Crippen LogP contribution >= 0.6 is 15.9 Å². The molecule has 0 unspecified atom stereocenters. The molecule has 0 radical (unpaired) electrons. The second kappa shape index (κ2) is 6.68. The van der Waals surface area contributed by atoms with Gasteiger partial charge >= 0.3 is 0 Å². The van der Waals surface area contributed by atoms with Crippen molar-refractivity contribution in [2.24, 2.45) is 0 Å². The minimum absolute atomic E-state index is 0.101. The van der Waals surface area contributed by atoms with Crippen LogP contribution in [-0.2, 0) is 14.6 Å². The lowest BCUT2D eigenvalue weighted by Gasteiger charge is -2.15. The first-order valence-corrected chi connectivity index (χ1v) is 7.90. The van der Waals surface area contributed by atoms with Crippen LogP contribution in [0.25, 0.3) is 0 Å². The van der Waals surface area contributed by atoms with Crippen LogP contribution in [0, 0.1) is 11.3 Å². The zero-order chi connectivity index (χ0) is 14.5. The molecule has 0 aliphatic rings. The van der Waals surface area contributed by atoms with Gasteiger partial charge in [-0.15, -0.1) is 0 Å². The number of sulfone groups is 1. The second-order valence-corrected chi connectivity index (χ2v) is 6.85. The molecule has 1 rings (SSSR count). The Kier molecular flexibility index (Phi) is 5.51. The normalized spacial score (nSPS) is 10.8. The number of halogens is 1. The maximum atomic E-state index is 12.0. The minimum atomic E-state index is -3.66. The number of carbonyl (C=O) groups excluding carboxylic acids is 1. The molecule has 7 heteroatoms. The van der Waals surface area contributed by atoms with Crippen LogP contribution in [0.1, 0.15) is 6.42 Å². The van der Waals surface area contributed by atoms with Gasteiger partial charge in [0.05, 0.1) is 17.4 Å². The highest BCUT2D eigenvalue weighted by atomic mass is 79.9. The van der Waals surface area contributed by atoms with Gasteiger partial charge in [-0.05, 0) is 18.2 Å². The van der Waals surface area contributed by atoms with Crippen molar-refractivity contribution in [3.63, 3.8) is 0 Å². The Morgan fingerprint density at radius 3 is 2.74 bits per heavy atom. The van der Waals surface area contributed by atoms with E-state index in [0.717, 1.165) is 0 Å². The number of amides is 1. The zero-order valence-electron chi connectivity index (χ0n) is 10.3. The van der Waals surface area contributed by atoms with E-state index in [2.05, 4.69) is 15.9 Å². The van der Waals surface area contributed by atoms with E-state index in [-0.39, 0.29) is 17.9 Å². The van der Waals surface area contributed by atoms with Crippen molar-refractivity contribution in [1.82, 2.24) is 4.90 Å². The smallest absolute Gasteiger partial charge is 0.237 e. The molecule has 102 valence electrons. The summed E-state index contributed by atoms with van der Waals surface area (Å²) in [5.41, 5.74) is 0. The van der Waals surface area contributed by atoms with Crippen LogP contribution in [0.3, 0.4) is 0 Å². The molecule has 0 aliphatic heterocycles. The lowest BCUT2D eigenvalue weighted by Crippen LogP contribution is -2.33. The van der Waals surface area contributed by atoms with Crippen LogP contribution in [0.15, 0.2) is 33.6 Å². The number of benzene rings is 1. The first-order chi connectivity index (χ1) is 8.86. The molecule has 0 fully saturated rings. The number of hydrogen-bond acceptors (Lipinski definition) is 4. The lowest BCUT2D eigenvalue weighted by molar-refractivity contribution is -0.127. The summed E-state index contributed by atoms with van der Waals surface area (Å²) in [6.07, 6.45) is 0.180. The van der Waals surface area contributed by atoms with Crippen molar-refractivity contribution >= 4 is 31.7 Å². The van der Waals surface area contributed by atoms with E-state index in [1.54, 1.807) is 12.1 Å². The summed E-state index contributed by atoms with van der Waals surface area (Å²) in [6.45, 7) is 0.226. The van der Waals surface area contributed by atoms with E-state index < -0.39 is 21.5 Å². The van der Waals surface area contributed by atoms with Crippen LogP contribution < -0.4 is 0 Å². The van der Waals surface area contributed by atoms with Gasteiger partial charge in [0.1, 0.15) is 5.75 Å². The van der Waals surface area contributed by atoms with Gasteiger partial charge in [0.15, 0.2) is 9.84 Å². The summed E-state index contributed by atoms with van der Waals surface area (Å²) >= 11 is 3.19. The average molecular weight is 345 g/mol. The van der Waals surface area contributed by atoms with Gasteiger partial charge in [-0.3, -0.25) is 4.79 Å². The molecule has 1 aromatic rings. The Labute approximate surface area is 120 Å². The fourth-order valence-corrected chi connectivity index (χ4v) is 3.21. The highest BCUT2D eigenvalue weighted by molar-refractivity contribution is 9.10. The Morgan fingerprint density at radius 2 is 2.16 bits per heavy atom. The van der Waals surface area contributed by atoms with Crippen molar-refractivity contribution in [2.45, 2.75) is 11.3 Å². The Balaban J connectivity index is 2.81. The van der Waals surface area contributed by atoms with Crippen molar-refractivity contribution in [3.05, 3.63) is 28.7 Å². The van der Waals surface area contributed by atoms with Gasteiger partial charge in [0.25, 0.3) is 0 Å². The van der Waals surface area contributed by atoms with E-state index in [1.165, 1.54) is 24.1 Å². The summed E-state index contributed by atoms with van der Waals surface area (Å²) in [7, 11) is -2.17. The molecule has 0 spiro atoms. The van der Waals surface area contributed by atoms with Gasteiger partial charge in [-0.25, -0.2) is 8.42 Å². The third-order valence-corrected chi connectivity index (χ3v) is 4.55. The molecular formula is C12H13BrN2O3S. The third kappa shape index (κ3) is 4.65. The molecule has 1 aromatic carbocycles. The summed E-state index contributed by atoms with van der Waals surface area (Å²) < 4.78 is 24.7. The van der Waals surface area contributed by atoms with Gasteiger partial charge in [0.2, 0.25) is 5.91 Å². The SMILES string of the molecule is CN(CCC#N)C(=O)CS(=O)(=O)c1cccc(Br)c1. The van der Waals surface area contributed by atoms with Crippen molar-refractivity contribution < 1.29 is 13.2 Å². The van der Waals surface area contributed by atoms with Crippen LogP contribution in [-0.4, -0.2) is 38.6 Å². The Morgan fingerprint density at radius 1 is 1.47 bits per heavy atom. The summed E-state index contributed by atoms with van der Waals surface area (Å²) in [5, 5.41) is 8.43. The second-order valence-electron chi connectivity index (χ2n) is 3.94. The van der Waals surface area contributed by atoms with Gasteiger partial charge < -0.3 is 4.90 Å². The van der Waals surface area contributed by atoms with Crippen molar-refractivity contribution in [3.8, 4) is 6.07 Å². The number of rotatable bonds is 5. The van der Waals surface area contributed by atoms with Gasteiger partial charge in [-0.1, -0.05) is 22.0 Å². The standard InChI is InChI=1S/C12H13BrN2O3S/c1-15(7-3-6-14)12(16)9-19(17,18)11-5-2-4-10(13)8-11/h2,4-5,8H,3,7,9H2,1H3. The van der Waals surface area contributed by atoms with E-state index in [4.69, 9.17) is 5.26 Å². The van der Waals surface area contributed by atoms with Crippen LogP contribution in [0.2, 0.25) is 0 Å². The highest BCUT2D eigenvalue weighted by Crippen LogP contribution is 2.17. The van der Waals surface area contributed by atoms with Gasteiger partial charge in [0, 0.05) is 18.1 Å². The first-order valence-electron chi connectivity index (χ1n) is 5.46. The lowest BCUT2D eigenvalue weighted by atomic mass is 10.4. The van der Waals surface area contributed by atoms with Crippen LogP contribution in [0.5, 0.6) is 0 Å². The maximum absolute atomic E-state index is 12.0. The number of hydrogen-bond donors (Lipinski definition) is 0. The first kappa shape index (κ1) is 15.7. The molecule has 1 amide bonds. The van der Waals surface area contributed by atoms with E-state index in [9.17, 15) is 13.2 Å². The summed E-state index contributed by atoms with van der Waals surface area (Å²) in [6, 6.07) is 8.12. The molecule has 0 heterocycles. The van der Waals surface area contributed by atoms with E-state index in [1.807, 2.05) is 6.07 Å². The third-order valence-electron chi connectivity index (χ3n) is 2.45. The Hall–Kier alpha value is -1.39. The predicted octanol–water partition coefficient (Wildman–Crippen LogP) is 1.59. The topological polar surface area (TPSA) is 78.2 Å². The molecule has 5 nitrogen and oxygen atoms in total. The largest absolute Gasteiger partial charge is 0.344 e. The van der Waals surface area contributed by atoms with Gasteiger partial charge in [-0.2, -0.15) is 5.26 Å². The summed E-state index contributed by atoms with van der Waals surface area (Å²) in [5.74, 6) is -1.11. The van der Waals surface area contributed by atoms with Crippen LogP contribution in [0.4, 0.5) is 0 Å². The summed E-state index contributed by atoms with van der Waals surface area (Å²) in [4.78, 5) is 13.1. The quantitative estimate of drug-likeness (QED) is 0.812. The highest BCUT2D eigenvalue weighted by Gasteiger charge is 2.21. The monoisotopic (exact) mass is 344 g/mol. The predicted molar refractivity (Wildman–Crippen MR) is 74.1 cm³/mol. The van der Waals surface area contributed by atoms with E-state index >= 15 is 0 Å². The Bertz CT molecular complexity index is 608. The minimum Gasteiger partial charge on any atom is -0.344 e. The molecule has 0 saturated heterocycles. The number of carbonyl (C=O) groups is 1. The molecule has 0 bridgehead atoms. The molecule has 0 saturated carbocycles. The van der Waals surface area contributed by atoms with E-state index in [0.29, 0.717) is 4.47 Å². The molecule has 0 atom stereocenters. The molecule has 19 heavy (non-hydrogen) atoms.